The lowest BCUT2D eigenvalue weighted by Crippen LogP contribution is -2.32. The number of aromatic nitrogens is 1. The molecule has 0 saturated carbocycles. The number of hydrogen-bond acceptors (Lipinski definition) is 2. The molecular weight excluding hydrogens is 627 g/mol. The molecular formula is C47H27NOS. The molecule has 0 N–H and O–H groups in total. The number of hydrogen-bond donors (Lipinski definition) is 0. The summed E-state index contributed by atoms with van der Waals surface area (Å²) in [5.74, 6) is 1.85. The van der Waals surface area contributed by atoms with Crippen molar-refractivity contribution in [1.29, 1.82) is 0 Å². The van der Waals surface area contributed by atoms with Gasteiger partial charge in [0.1, 0.15) is 11.5 Å². The highest BCUT2D eigenvalue weighted by molar-refractivity contribution is 7.25. The van der Waals surface area contributed by atoms with E-state index in [4.69, 9.17) is 4.74 Å². The predicted octanol–water partition coefficient (Wildman–Crippen LogP) is 12.8. The third-order valence-corrected chi connectivity index (χ3v) is 12.4. The van der Waals surface area contributed by atoms with Crippen molar-refractivity contribution < 1.29 is 4.74 Å². The average Bonchev–Trinajstić information content (AvgIpc) is 3.82. The molecule has 3 heteroatoms. The molecule has 0 atom stereocenters. The van der Waals surface area contributed by atoms with E-state index in [-0.39, 0.29) is 0 Å². The van der Waals surface area contributed by atoms with Crippen LogP contribution in [0.5, 0.6) is 11.5 Å². The maximum atomic E-state index is 7.22. The van der Waals surface area contributed by atoms with Crippen LogP contribution in [0.25, 0.3) is 69.6 Å². The zero-order valence-corrected chi connectivity index (χ0v) is 27.7. The van der Waals surface area contributed by atoms with Crippen molar-refractivity contribution in [3.05, 3.63) is 186 Å². The van der Waals surface area contributed by atoms with Crippen molar-refractivity contribution in [3.8, 4) is 28.3 Å². The van der Waals surface area contributed by atoms with Crippen molar-refractivity contribution in [2.45, 2.75) is 5.41 Å². The van der Waals surface area contributed by atoms with E-state index in [1.165, 1.54) is 75.2 Å². The van der Waals surface area contributed by atoms with Crippen LogP contribution in [0.4, 0.5) is 0 Å². The van der Waals surface area contributed by atoms with E-state index in [0.717, 1.165) is 28.1 Å². The second-order valence-electron chi connectivity index (χ2n) is 13.6. The van der Waals surface area contributed by atoms with Gasteiger partial charge in [0.15, 0.2) is 0 Å². The zero-order valence-electron chi connectivity index (χ0n) is 26.9. The number of thiophene rings is 1. The molecule has 3 heterocycles. The third kappa shape index (κ3) is 3.19. The molecule has 0 fully saturated rings. The molecule has 50 heavy (non-hydrogen) atoms. The summed E-state index contributed by atoms with van der Waals surface area (Å²) in [6.45, 7) is 0. The van der Waals surface area contributed by atoms with Crippen LogP contribution in [0.3, 0.4) is 0 Å². The van der Waals surface area contributed by atoms with Crippen LogP contribution in [0.1, 0.15) is 22.3 Å². The summed E-state index contributed by atoms with van der Waals surface area (Å²) in [5.41, 5.74) is 10.5. The van der Waals surface area contributed by atoms with Gasteiger partial charge in [-0.3, -0.25) is 0 Å². The van der Waals surface area contributed by atoms with Crippen LogP contribution < -0.4 is 4.74 Å². The molecule has 8 aromatic carbocycles. The zero-order chi connectivity index (χ0) is 32.6. The molecule has 0 bridgehead atoms. The van der Waals surface area contributed by atoms with Gasteiger partial charge in [0, 0.05) is 42.4 Å². The number of ether oxygens (including phenoxy) is 1. The maximum absolute atomic E-state index is 7.22. The van der Waals surface area contributed by atoms with Crippen LogP contribution in [-0.4, -0.2) is 4.57 Å². The quantitative estimate of drug-likeness (QED) is 0.172. The number of para-hydroxylation sites is 1. The van der Waals surface area contributed by atoms with Crippen LogP contribution >= 0.6 is 11.3 Å². The van der Waals surface area contributed by atoms with E-state index >= 15 is 0 Å². The highest BCUT2D eigenvalue weighted by atomic mass is 32.1. The molecule has 0 unspecified atom stereocenters. The van der Waals surface area contributed by atoms with Gasteiger partial charge in [-0.1, -0.05) is 121 Å². The van der Waals surface area contributed by atoms with Crippen molar-refractivity contribution in [2.24, 2.45) is 0 Å². The van der Waals surface area contributed by atoms with Gasteiger partial charge in [-0.15, -0.1) is 11.3 Å². The maximum Gasteiger partial charge on any atom is 0.142 e. The van der Waals surface area contributed by atoms with Crippen molar-refractivity contribution in [2.75, 3.05) is 0 Å². The lowest BCUT2D eigenvalue weighted by atomic mass is 9.66. The van der Waals surface area contributed by atoms with Gasteiger partial charge in [0.05, 0.1) is 21.8 Å². The topological polar surface area (TPSA) is 14.2 Å². The van der Waals surface area contributed by atoms with Gasteiger partial charge in [-0.05, 0) is 75.5 Å². The van der Waals surface area contributed by atoms with Crippen LogP contribution in [0, 0.1) is 0 Å². The highest BCUT2D eigenvalue weighted by Crippen LogP contribution is 2.63. The minimum atomic E-state index is -0.515. The number of benzene rings is 8. The summed E-state index contributed by atoms with van der Waals surface area (Å²) in [5, 5.41) is 7.42. The van der Waals surface area contributed by atoms with Gasteiger partial charge in [-0.25, -0.2) is 0 Å². The molecule has 0 saturated heterocycles. The Labute approximate surface area is 292 Å². The van der Waals surface area contributed by atoms with Gasteiger partial charge >= 0.3 is 0 Å². The largest absolute Gasteiger partial charge is 0.456 e. The third-order valence-electron chi connectivity index (χ3n) is 11.3. The fraction of sp³-hybridized carbons (Fsp3) is 0.0213. The Hall–Kier alpha value is -6.16. The smallest absolute Gasteiger partial charge is 0.142 e. The average molecular weight is 654 g/mol. The Kier molecular flexibility index (Phi) is 5.08. The first-order chi connectivity index (χ1) is 24.8. The van der Waals surface area contributed by atoms with E-state index in [2.05, 4.69) is 168 Å². The van der Waals surface area contributed by atoms with E-state index in [9.17, 15) is 0 Å². The minimum Gasteiger partial charge on any atom is -0.456 e. The van der Waals surface area contributed by atoms with Crippen molar-refractivity contribution in [3.63, 3.8) is 0 Å². The van der Waals surface area contributed by atoms with Crippen LogP contribution in [0.15, 0.2) is 164 Å². The number of nitrogens with zero attached hydrogens (tertiary/aromatic N) is 1. The Morgan fingerprint density at radius 3 is 1.94 bits per heavy atom. The van der Waals surface area contributed by atoms with E-state index in [1.807, 2.05) is 11.3 Å². The van der Waals surface area contributed by atoms with E-state index in [1.54, 1.807) is 0 Å². The molecule has 2 nitrogen and oxygen atoms in total. The van der Waals surface area contributed by atoms with Gasteiger partial charge in [0.25, 0.3) is 0 Å². The Balaban J connectivity index is 1.26. The molecule has 0 amide bonds. The Morgan fingerprint density at radius 1 is 0.460 bits per heavy atom. The fourth-order valence-corrected chi connectivity index (χ4v) is 10.4. The normalized spacial score (nSPS) is 13.9. The van der Waals surface area contributed by atoms with Gasteiger partial charge in [0.2, 0.25) is 0 Å². The van der Waals surface area contributed by atoms with Crippen LogP contribution in [0.2, 0.25) is 0 Å². The second kappa shape index (κ2) is 9.50. The summed E-state index contributed by atoms with van der Waals surface area (Å²) >= 11 is 1.86. The predicted molar refractivity (Wildman–Crippen MR) is 209 cm³/mol. The monoisotopic (exact) mass is 653 g/mol. The van der Waals surface area contributed by atoms with E-state index < -0.39 is 5.41 Å². The Morgan fingerprint density at radius 2 is 1.10 bits per heavy atom. The summed E-state index contributed by atoms with van der Waals surface area (Å²) in [7, 11) is 0. The van der Waals surface area contributed by atoms with Crippen LogP contribution in [-0.2, 0) is 5.41 Å². The fourth-order valence-electron chi connectivity index (χ4n) is 9.31. The molecule has 12 rings (SSSR count). The molecule has 1 spiro atoms. The lowest BCUT2D eigenvalue weighted by Gasteiger charge is -2.39. The molecule has 0 radical (unpaired) electrons. The standard InChI is InChI=1S/C47H27NOS/c1-2-12-30-28(11-1)21-24-39-44(30)45-40(48(39)29-22-26-43-34(27-29)33-15-5-10-20-42(33)50-43)25-23-38-46(45)49-41-19-9-8-18-37(41)47(38)35-16-6-3-13-31(35)32-14-4-7-17-36(32)47/h1-27H. The number of rotatable bonds is 1. The SMILES string of the molecule is c1ccc2c(c1)Oc1c(ccc3c1c1c4ccccc4ccc1n3-c1ccc3sc4ccccc4c3c1)C21c2ccccc2-c2ccccc21. The van der Waals surface area contributed by atoms with Crippen molar-refractivity contribution in [1.82, 2.24) is 4.57 Å². The lowest BCUT2D eigenvalue weighted by molar-refractivity contribution is 0.442. The molecule has 10 aromatic rings. The summed E-state index contributed by atoms with van der Waals surface area (Å²) < 4.78 is 12.3. The Bertz CT molecular complexity index is 3040. The first kappa shape index (κ1) is 26.8. The van der Waals surface area contributed by atoms with E-state index in [0.29, 0.717) is 0 Å². The van der Waals surface area contributed by atoms with Gasteiger partial charge in [-0.2, -0.15) is 0 Å². The molecule has 1 aliphatic carbocycles. The highest BCUT2D eigenvalue weighted by Gasteiger charge is 2.51. The second-order valence-corrected chi connectivity index (χ2v) is 14.7. The summed E-state index contributed by atoms with van der Waals surface area (Å²) in [4.78, 5) is 0. The van der Waals surface area contributed by atoms with Crippen molar-refractivity contribution >= 4 is 64.1 Å². The minimum absolute atomic E-state index is 0.515. The first-order valence-corrected chi connectivity index (χ1v) is 18.0. The summed E-state index contributed by atoms with van der Waals surface area (Å²) in [6, 6.07) is 60.3. The molecule has 2 aromatic heterocycles. The number of fused-ring (bicyclic) bond motifs is 18. The first-order valence-electron chi connectivity index (χ1n) is 17.2. The molecule has 2 aliphatic rings. The van der Waals surface area contributed by atoms with Gasteiger partial charge < -0.3 is 9.30 Å². The molecule has 232 valence electrons. The summed E-state index contributed by atoms with van der Waals surface area (Å²) in [6.07, 6.45) is 0. The molecule has 1 aliphatic heterocycles.